The van der Waals surface area contributed by atoms with Gasteiger partial charge in [-0.3, -0.25) is 4.79 Å². The molecular formula is C21H24N2O5. The Kier molecular flexibility index (Phi) is 8.17. The van der Waals surface area contributed by atoms with E-state index < -0.39 is 11.9 Å². The van der Waals surface area contributed by atoms with Gasteiger partial charge in [0.1, 0.15) is 0 Å². The lowest BCUT2D eigenvalue weighted by atomic mass is 10.00. The number of carboxylic acid groups (broad SMARTS) is 2. The summed E-state index contributed by atoms with van der Waals surface area (Å²) in [6.45, 7) is 2.83. The Balaban J connectivity index is 0.000000409. The van der Waals surface area contributed by atoms with Crippen molar-refractivity contribution in [3.63, 3.8) is 0 Å². The fraction of sp³-hybridized carbons (Fsp3) is 0.286. The van der Waals surface area contributed by atoms with Crippen LogP contribution in [0, 0.1) is 0 Å². The Bertz CT molecular complexity index is 795. The maximum atomic E-state index is 12.3. The Labute approximate surface area is 163 Å². The molecule has 0 aromatic heterocycles. The smallest absolute Gasteiger partial charge is 0.414 e. The molecule has 0 aliphatic carbocycles. The molecule has 0 bridgehead atoms. The first-order valence-electron chi connectivity index (χ1n) is 9.03. The summed E-state index contributed by atoms with van der Waals surface area (Å²) in [4.78, 5) is 32.4. The number of nitrogens with zero attached hydrogens (tertiary/aromatic N) is 1. The first-order valence-corrected chi connectivity index (χ1v) is 9.03. The van der Waals surface area contributed by atoms with Crippen LogP contribution in [0.4, 0.5) is 0 Å². The summed E-state index contributed by atoms with van der Waals surface area (Å²) >= 11 is 0. The van der Waals surface area contributed by atoms with Crippen molar-refractivity contribution in [2.24, 2.45) is 0 Å². The molecule has 0 spiro atoms. The number of hydrogen-bond donors (Lipinski definition) is 3. The predicted octanol–water partition coefficient (Wildman–Crippen LogP) is 1.56. The predicted molar refractivity (Wildman–Crippen MR) is 104 cm³/mol. The Hall–Kier alpha value is -3.19. The molecule has 0 fully saturated rings. The first kappa shape index (κ1) is 21.1. The molecule has 3 rings (SSSR count). The van der Waals surface area contributed by atoms with Crippen molar-refractivity contribution < 1.29 is 24.6 Å². The third-order valence-corrected chi connectivity index (χ3v) is 4.38. The molecule has 0 unspecified atom stereocenters. The van der Waals surface area contributed by atoms with Crippen molar-refractivity contribution >= 4 is 17.8 Å². The van der Waals surface area contributed by atoms with E-state index in [2.05, 4.69) is 35.6 Å². The third kappa shape index (κ3) is 6.85. The van der Waals surface area contributed by atoms with E-state index in [9.17, 15) is 4.79 Å². The minimum Gasteiger partial charge on any atom is -0.473 e. The van der Waals surface area contributed by atoms with Crippen LogP contribution in [-0.4, -0.2) is 52.6 Å². The van der Waals surface area contributed by atoms with Crippen molar-refractivity contribution in [1.29, 1.82) is 0 Å². The highest BCUT2D eigenvalue weighted by molar-refractivity contribution is 6.27. The largest absolute Gasteiger partial charge is 0.473 e. The quantitative estimate of drug-likeness (QED) is 0.534. The summed E-state index contributed by atoms with van der Waals surface area (Å²) in [5.74, 6) is -3.45. The number of amides is 1. The number of fused-ring (bicyclic) bond motifs is 1. The molecule has 28 heavy (non-hydrogen) atoms. The monoisotopic (exact) mass is 384 g/mol. The number of nitrogens with one attached hydrogen (secondary N) is 1. The average molecular weight is 384 g/mol. The van der Waals surface area contributed by atoms with Gasteiger partial charge < -0.3 is 20.4 Å². The summed E-state index contributed by atoms with van der Waals surface area (Å²) in [5.41, 5.74) is 3.96. The summed E-state index contributed by atoms with van der Waals surface area (Å²) in [6, 6.07) is 18.8. The Morgan fingerprint density at radius 1 is 0.893 bits per heavy atom. The van der Waals surface area contributed by atoms with Crippen molar-refractivity contribution in [1.82, 2.24) is 10.2 Å². The fourth-order valence-electron chi connectivity index (χ4n) is 2.89. The van der Waals surface area contributed by atoms with Crippen molar-refractivity contribution in [3.05, 3.63) is 71.3 Å². The second kappa shape index (κ2) is 10.8. The number of carboxylic acids is 2. The molecule has 1 amide bonds. The summed E-state index contributed by atoms with van der Waals surface area (Å²) in [6.07, 6.45) is 1.92. The van der Waals surface area contributed by atoms with Gasteiger partial charge in [0.05, 0.1) is 6.54 Å². The van der Waals surface area contributed by atoms with Gasteiger partial charge in [0.2, 0.25) is 5.91 Å². The van der Waals surface area contributed by atoms with Crippen LogP contribution in [0.2, 0.25) is 0 Å². The van der Waals surface area contributed by atoms with Crippen LogP contribution in [-0.2, 0) is 33.8 Å². The Morgan fingerprint density at radius 3 is 2.14 bits per heavy atom. The molecule has 0 saturated heterocycles. The zero-order valence-corrected chi connectivity index (χ0v) is 15.5. The topological polar surface area (TPSA) is 107 Å². The van der Waals surface area contributed by atoms with Gasteiger partial charge in [0.25, 0.3) is 0 Å². The van der Waals surface area contributed by atoms with E-state index in [1.807, 2.05) is 29.2 Å². The summed E-state index contributed by atoms with van der Waals surface area (Å²) in [7, 11) is 0. The molecule has 1 heterocycles. The second-order valence-electron chi connectivity index (χ2n) is 6.36. The molecular weight excluding hydrogens is 360 g/mol. The van der Waals surface area contributed by atoms with Crippen LogP contribution in [0.5, 0.6) is 0 Å². The molecule has 148 valence electrons. The van der Waals surface area contributed by atoms with Gasteiger partial charge in [0.15, 0.2) is 0 Å². The molecule has 7 nitrogen and oxygen atoms in total. The van der Waals surface area contributed by atoms with E-state index in [-0.39, 0.29) is 5.91 Å². The van der Waals surface area contributed by atoms with E-state index in [0.717, 1.165) is 32.5 Å². The lowest BCUT2D eigenvalue weighted by Crippen LogP contribution is -2.41. The number of benzene rings is 2. The maximum absolute atomic E-state index is 12.3. The second-order valence-corrected chi connectivity index (χ2v) is 6.36. The van der Waals surface area contributed by atoms with Crippen LogP contribution < -0.4 is 5.32 Å². The van der Waals surface area contributed by atoms with Crippen LogP contribution in [0.15, 0.2) is 54.6 Å². The van der Waals surface area contributed by atoms with Crippen LogP contribution in [0.3, 0.4) is 0 Å². The highest BCUT2D eigenvalue weighted by Crippen LogP contribution is 2.18. The van der Waals surface area contributed by atoms with E-state index >= 15 is 0 Å². The van der Waals surface area contributed by atoms with Gasteiger partial charge in [-0.25, -0.2) is 9.59 Å². The minimum absolute atomic E-state index is 0.197. The normalized spacial score (nSPS) is 12.4. The fourth-order valence-corrected chi connectivity index (χ4v) is 2.89. The lowest BCUT2D eigenvalue weighted by Gasteiger charge is -2.29. The van der Waals surface area contributed by atoms with Crippen LogP contribution in [0.25, 0.3) is 0 Å². The molecule has 0 atom stereocenters. The highest BCUT2D eigenvalue weighted by atomic mass is 16.4. The lowest BCUT2D eigenvalue weighted by molar-refractivity contribution is -0.159. The van der Waals surface area contributed by atoms with Gasteiger partial charge >= 0.3 is 11.9 Å². The highest BCUT2D eigenvalue weighted by Gasteiger charge is 2.19. The van der Waals surface area contributed by atoms with Crippen molar-refractivity contribution in [2.45, 2.75) is 19.4 Å². The van der Waals surface area contributed by atoms with Gasteiger partial charge in [-0.1, -0.05) is 54.6 Å². The van der Waals surface area contributed by atoms with E-state index in [4.69, 9.17) is 19.8 Å². The zero-order valence-electron chi connectivity index (χ0n) is 15.5. The first-order chi connectivity index (χ1) is 13.5. The SMILES string of the molecule is O=C(CNCCc1ccccc1)N1CCc2ccccc2C1.O=C(O)C(=O)O. The molecule has 2 aromatic carbocycles. The third-order valence-electron chi connectivity index (χ3n) is 4.38. The number of rotatable bonds is 5. The average Bonchev–Trinajstić information content (AvgIpc) is 2.72. The maximum Gasteiger partial charge on any atom is 0.414 e. The molecule has 0 radical (unpaired) electrons. The van der Waals surface area contributed by atoms with Gasteiger partial charge in [-0.05, 0) is 36.1 Å². The van der Waals surface area contributed by atoms with Crippen molar-refractivity contribution in [2.75, 3.05) is 19.6 Å². The molecule has 0 saturated carbocycles. The number of carbonyl (C=O) groups is 3. The standard InChI is InChI=1S/C19H22N2O.C2H2O4/c22-19(14-20-12-10-16-6-2-1-3-7-16)21-13-11-17-8-4-5-9-18(17)15-21;3-1(4)2(5)6/h1-9,20H,10-15H2;(H,3,4)(H,5,6). The Morgan fingerprint density at radius 2 is 1.50 bits per heavy atom. The van der Waals surface area contributed by atoms with Gasteiger partial charge in [-0.2, -0.15) is 0 Å². The van der Waals surface area contributed by atoms with E-state index in [0.29, 0.717) is 6.54 Å². The summed E-state index contributed by atoms with van der Waals surface area (Å²) < 4.78 is 0. The molecule has 3 N–H and O–H groups in total. The van der Waals surface area contributed by atoms with Crippen LogP contribution in [0.1, 0.15) is 16.7 Å². The molecule has 1 aliphatic rings. The number of hydrogen-bond acceptors (Lipinski definition) is 4. The zero-order chi connectivity index (χ0) is 20.4. The molecule has 1 aliphatic heterocycles. The van der Waals surface area contributed by atoms with Crippen molar-refractivity contribution in [3.8, 4) is 0 Å². The van der Waals surface area contributed by atoms with Gasteiger partial charge in [-0.15, -0.1) is 0 Å². The van der Waals surface area contributed by atoms with Crippen LogP contribution >= 0.6 is 0 Å². The van der Waals surface area contributed by atoms with E-state index in [1.165, 1.54) is 16.7 Å². The summed E-state index contributed by atoms with van der Waals surface area (Å²) in [5, 5.41) is 18.0. The molecule has 7 heteroatoms. The van der Waals surface area contributed by atoms with Gasteiger partial charge in [0, 0.05) is 13.1 Å². The molecule has 2 aromatic rings. The minimum atomic E-state index is -1.82. The van der Waals surface area contributed by atoms with E-state index in [1.54, 1.807) is 0 Å². The number of aliphatic carboxylic acids is 2. The number of carbonyl (C=O) groups excluding carboxylic acids is 1.